The fourth-order valence-electron chi connectivity index (χ4n) is 0. The van der Waals surface area contributed by atoms with Crippen molar-refractivity contribution < 1.29 is 129 Å². The van der Waals surface area contributed by atoms with Gasteiger partial charge in [-0.15, -0.1) is 0 Å². The minimum Gasteiger partial charge on any atom is 0 e. The summed E-state index contributed by atoms with van der Waals surface area (Å²) in [6, 6.07) is 0. The van der Waals surface area contributed by atoms with Crippen molar-refractivity contribution in [1.82, 2.24) is 0 Å². The second kappa shape index (κ2) is 49.1. The zero-order valence-electron chi connectivity index (χ0n) is 4.00. The van der Waals surface area contributed by atoms with Gasteiger partial charge in [0, 0.05) is 201 Å². The minimum absolute atomic E-state index is 0. The summed E-state index contributed by atoms with van der Waals surface area (Å²) in [6.07, 6.45) is 0. The summed E-state index contributed by atoms with van der Waals surface area (Å²) < 4.78 is 0. The quantitative estimate of drug-likeness (QED) is 0.270. The predicted molar refractivity (Wildman–Crippen MR) is 17.3 cm³/mol. The van der Waals surface area contributed by atoms with Crippen molar-refractivity contribution >= 4 is 71.7 Å². The molecule has 0 aromatic heterocycles. The maximum absolute atomic E-state index is 0. The molecule has 12 radical (unpaired) electrons. The first-order valence-corrected chi connectivity index (χ1v) is 0. The third kappa shape index (κ3) is 38.6. The van der Waals surface area contributed by atoms with Gasteiger partial charge in [-0.2, -0.15) is 0 Å². The van der Waals surface area contributed by atoms with E-state index >= 15 is 0 Å². The van der Waals surface area contributed by atoms with Crippen LogP contribution >= 0.6 is 0 Å². The third-order valence-electron chi connectivity index (χ3n) is 0. The fourth-order valence-corrected chi connectivity index (χ4v) is 0. The van der Waals surface area contributed by atoms with Crippen molar-refractivity contribution in [3.63, 3.8) is 0 Å². The standard InChI is InChI=1S/5Hf.3Sn. The molecule has 0 spiro atoms. The smallest absolute Gasteiger partial charge is 0 e. The molecule has 0 bridgehead atoms. The van der Waals surface area contributed by atoms with Gasteiger partial charge >= 0.3 is 0 Å². The van der Waals surface area contributed by atoms with Gasteiger partial charge in [-0.05, 0) is 0 Å². The summed E-state index contributed by atoms with van der Waals surface area (Å²) in [5, 5.41) is 0. The molecule has 0 unspecified atom stereocenters. The van der Waals surface area contributed by atoms with Crippen molar-refractivity contribution in [2.24, 2.45) is 0 Å². The first-order chi connectivity index (χ1) is 0. The van der Waals surface area contributed by atoms with E-state index in [0.717, 1.165) is 0 Å². The normalized spacial score (nSPS) is 0. The minimum atomic E-state index is 0. The summed E-state index contributed by atoms with van der Waals surface area (Å²) in [4.78, 5) is 0. The molecule has 0 aliphatic carbocycles. The molecule has 0 heterocycles. The monoisotopic (exact) mass is 1260 g/mol. The van der Waals surface area contributed by atoms with Crippen LogP contribution in [0.5, 0.6) is 0 Å². The van der Waals surface area contributed by atoms with Crippen molar-refractivity contribution in [2.45, 2.75) is 0 Å². The molecular weight excluding hydrogens is 1250 g/mol. The molecule has 0 amide bonds. The van der Waals surface area contributed by atoms with Gasteiger partial charge in [0.2, 0.25) is 0 Å². The van der Waals surface area contributed by atoms with E-state index in [0.29, 0.717) is 0 Å². The second-order valence-corrected chi connectivity index (χ2v) is 0. The van der Waals surface area contributed by atoms with Crippen molar-refractivity contribution in [3.8, 4) is 0 Å². The Hall–Kier alpha value is 6.75. The Morgan fingerprint density at radius 1 is 0.250 bits per heavy atom. The predicted octanol–water partition coefficient (Wildman–Crippen LogP) is -1.15. The van der Waals surface area contributed by atoms with Crippen LogP contribution in [0, 0.1) is 0 Å². The maximum Gasteiger partial charge on any atom is 0 e. The summed E-state index contributed by atoms with van der Waals surface area (Å²) >= 11 is 0. The van der Waals surface area contributed by atoms with Crippen molar-refractivity contribution in [3.05, 3.63) is 0 Å². The van der Waals surface area contributed by atoms with Crippen LogP contribution in [0.1, 0.15) is 0 Å². The number of rotatable bonds is 0. The maximum atomic E-state index is 0. The summed E-state index contributed by atoms with van der Waals surface area (Å²) in [6.45, 7) is 0. The van der Waals surface area contributed by atoms with Crippen LogP contribution in [-0.2, 0) is 129 Å². The molecule has 0 N–H and O–H groups in total. The molecule has 32 valence electrons. The van der Waals surface area contributed by atoms with E-state index in [1.807, 2.05) is 0 Å². The van der Waals surface area contributed by atoms with E-state index in [-0.39, 0.29) is 201 Å². The molecule has 0 aromatic rings. The van der Waals surface area contributed by atoms with Crippen LogP contribution in [0.2, 0.25) is 0 Å². The average Bonchev–Trinajstić information content (AvgIpc) is 0. The first kappa shape index (κ1) is 61.2. The Bertz CT molecular complexity index is 7.64. The molecule has 8 heteroatoms. The summed E-state index contributed by atoms with van der Waals surface area (Å²) in [7, 11) is 0. The SMILES string of the molecule is [Hf].[Hf].[Hf].[Hf].[Hf].[Sn].[Sn].[Sn]. The molecule has 8 heavy (non-hydrogen) atoms. The van der Waals surface area contributed by atoms with Crippen LogP contribution in [0.4, 0.5) is 0 Å². The molecule has 0 saturated heterocycles. The Kier molecular flexibility index (Phi) is 376. The zero-order valence-corrected chi connectivity index (χ0v) is 30.5. The number of hydrogen-bond acceptors (Lipinski definition) is 0. The van der Waals surface area contributed by atoms with E-state index in [9.17, 15) is 0 Å². The largest absolute Gasteiger partial charge is 0 e. The van der Waals surface area contributed by atoms with Crippen molar-refractivity contribution in [1.29, 1.82) is 0 Å². The molecule has 0 nitrogen and oxygen atoms in total. The zero-order chi connectivity index (χ0) is 0. The Balaban J connectivity index is 0. The Labute approximate surface area is 195 Å². The van der Waals surface area contributed by atoms with Gasteiger partial charge in [0.15, 0.2) is 0 Å². The van der Waals surface area contributed by atoms with Crippen molar-refractivity contribution in [2.75, 3.05) is 0 Å². The van der Waals surface area contributed by atoms with Crippen LogP contribution in [-0.4, -0.2) is 71.7 Å². The van der Waals surface area contributed by atoms with Gasteiger partial charge in [0.05, 0.1) is 0 Å². The van der Waals surface area contributed by atoms with E-state index in [2.05, 4.69) is 0 Å². The van der Waals surface area contributed by atoms with E-state index in [1.54, 1.807) is 0 Å². The van der Waals surface area contributed by atoms with Gasteiger partial charge in [-0.3, -0.25) is 0 Å². The molecule has 0 aromatic carbocycles. The van der Waals surface area contributed by atoms with Gasteiger partial charge in [-0.25, -0.2) is 0 Å². The third-order valence-corrected chi connectivity index (χ3v) is 0. The van der Waals surface area contributed by atoms with E-state index in [1.165, 1.54) is 0 Å². The number of hydrogen-bond donors (Lipinski definition) is 0. The molecule has 0 atom stereocenters. The average molecular weight is 1250 g/mol. The Morgan fingerprint density at radius 3 is 0.250 bits per heavy atom. The molecule has 0 saturated carbocycles. The van der Waals surface area contributed by atoms with Gasteiger partial charge in [0.25, 0.3) is 0 Å². The van der Waals surface area contributed by atoms with Crippen LogP contribution < -0.4 is 0 Å². The van der Waals surface area contributed by atoms with Crippen LogP contribution in [0.25, 0.3) is 0 Å². The topological polar surface area (TPSA) is 0 Å². The van der Waals surface area contributed by atoms with Gasteiger partial charge < -0.3 is 0 Å². The molecule has 0 aliphatic rings. The van der Waals surface area contributed by atoms with Crippen LogP contribution in [0.15, 0.2) is 0 Å². The fraction of sp³-hybridized carbons (Fsp3) is 0. The van der Waals surface area contributed by atoms with E-state index < -0.39 is 0 Å². The van der Waals surface area contributed by atoms with Gasteiger partial charge in [-0.1, -0.05) is 0 Å². The summed E-state index contributed by atoms with van der Waals surface area (Å²) in [5.41, 5.74) is 0. The van der Waals surface area contributed by atoms with Gasteiger partial charge in [0.1, 0.15) is 0 Å². The summed E-state index contributed by atoms with van der Waals surface area (Å²) in [5.74, 6) is 0. The first-order valence-electron chi connectivity index (χ1n) is 0. The molecular formula is Hf5Sn3. The van der Waals surface area contributed by atoms with Crippen LogP contribution in [0.3, 0.4) is 0 Å². The van der Waals surface area contributed by atoms with E-state index in [4.69, 9.17) is 0 Å². The Morgan fingerprint density at radius 2 is 0.250 bits per heavy atom. The molecule has 0 aliphatic heterocycles. The second-order valence-electron chi connectivity index (χ2n) is 0. The molecule has 0 rings (SSSR count). The molecule has 0 fully saturated rings.